The van der Waals surface area contributed by atoms with Crippen LogP contribution in [-0.4, -0.2) is 17.8 Å². The molecule has 0 fully saturated rings. The van der Waals surface area contributed by atoms with Crippen molar-refractivity contribution < 1.29 is 0 Å². The van der Waals surface area contributed by atoms with Crippen LogP contribution in [0.2, 0.25) is 0 Å². The van der Waals surface area contributed by atoms with Crippen LogP contribution in [0.4, 0.5) is 5.69 Å². The molecule has 16 heavy (non-hydrogen) atoms. The third-order valence-corrected chi connectivity index (χ3v) is 2.33. The molecule has 0 atom stereocenters. The second-order valence-corrected chi connectivity index (χ2v) is 4.21. The van der Waals surface area contributed by atoms with Crippen molar-refractivity contribution in [2.75, 3.05) is 5.88 Å². The Labute approximate surface area is 102 Å². The molecule has 0 spiro atoms. The average Bonchev–Trinajstić information content (AvgIpc) is 2.28. The number of nitrogens with one attached hydrogen (secondary N) is 1. The molecule has 0 radical (unpaired) electrons. The van der Waals surface area contributed by atoms with Gasteiger partial charge in [-0.1, -0.05) is 26.0 Å². The molecule has 1 aromatic carbocycles. The SMILES string of the molecule is CC(C)NCc1ccc(N=C(N)CCl)cc1. The first kappa shape index (κ1) is 13.0. The molecule has 1 aromatic rings. The van der Waals surface area contributed by atoms with E-state index in [2.05, 4.69) is 24.2 Å². The van der Waals surface area contributed by atoms with E-state index in [4.69, 9.17) is 17.3 Å². The summed E-state index contributed by atoms with van der Waals surface area (Å²) >= 11 is 5.55. The molecular formula is C12H18ClN3. The summed E-state index contributed by atoms with van der Waals surface area (Å²) in [5, 5.41) is 3.35. The van der Waals surface area contributed by atoms with Crippen LogP contribution in [0, 0.1) is 0 Å². The van der Waals surface area contributed by atoms with E-state index in [1.165, 1.54) is 5.56 Å². The maximum atomic E-state index is 5.55. The number of rotatable bonds is 5. The number of halogens is 1. The lowest BCUT2D eigenvalue weighted by atomic mass is 10.2. The van der Waals surface area contributed by atoms with Crippen molar-refractivity contribution in [2.45, 2.75) is 26.4 Å². The number of nitrogens with zero attached hydrogens (tertiary/aromatic N) is 1. The zero-order chi connectivity index (χ0) is 12.0. The number of hydrogen-bond donors (Lipinski definition) is 2. The molecule has 0 aliphatic carbocycles. The summed E-state index contributed by atoms with van der Waals surface area (Å²) < 4.78 is 0. The fourth-order valence-electron chi connectivity index (χ4n) is 1.21. The van der Waals surface area contributed by atoms with Crippen molar-refractivity contribution >= 4 is 23.1 Å². The quantitative estimate of drug-likeness (QED) is 0.471. The summed E-state index contributed by atoms with van der Waals surface area (Å²) in [5.74, 6) is 0.700. The van der Waals surface area contributed by atoms with Gasteiger partial charge in [0.25, 0.3) is 0 Å². The normalized spacial score (nSPS) is 12.1. The highest BCUT2D eigenvalue weighted by molar-refractivity contribution is 6.28. The van der Waals surface area contributed by atoms with Gasteiger partial charge in [-0.05, 0) is 17.7 Å². The molecule has 0 unspecified atom stereocenters. The monoisotopic (exact) mass is 239 g/mol. The van der Waals surface area contributed by atoms with E-state index in [-0.39, 0.29) is 5.88 Å². The predicted octanol–water partition coefficient (Wildman–Crippen LogP) is 2.41. The van der Waals surface area contributed by atoms with Crippen LogP contribution in [0.15, 0.2) is 29.3 Å². The van der Waals surface area contributed by atoms with Crippen LogP contribution >= 0.6 is 11.6 Å². The smallest absolute Gasteiger partial charge is 0.115 e. The topological polar surface area (TPSA) is 50.4 Å². The molecule has 0 heterocycles. The Morgan fingerprint density at radius 3 is 2.50 bits per heavy atom. The third kappa shape index (κ3) is 4.64. The first-order chi connectivity index (χ1) is 7.61. The second-order valence-electron chi connectivity index (χ2n) is 3.94. The van der Waals surface area contributed by atoms with E-state index < -0.39 is 0 Å². The molecule has 4 heteroatoms. The zero-order valence-corrected chi connectivity index (χ0v) is 10.5. The van der Waals surface area contributed by atoms with Gasteiger partial charge in [0.2, 0.25) is 0 Å². The van der Waals surface area contributed by atoms with E-state index in [9.17, 15) is 0 Å². The summed E-state index contributed by atoms with van der Waals surface area (Å²) in [6.07, 6.45) is 0. The van der Waals surface area contributed by atoms with E-state index in [1.807, 2.05) is 24.3 Å². The maximum absolute atomic E-state index is 5.55. The van der Waals surface area contributed by atoms with Gasteiger partial charge in [-0.15, -0.1) is 11.6 Å². The van der Waals surface area contributed by atoms with E-state index in [1.54, 1.807) is 0 Å². The van der Waals surface area contributed by atoms with Gasteiger partial charge in [-0.3, -0.25) is 0 Å². The lowest BCUT2D eigenvalue weighted by Gasteiger charge is -2.07. The van der Waals surface area contributed by atoms with Crippen molar-refractivity contribution in [3.8, 4) is 0 Å². The van der Waals surface area contributed by atoms with Crippen molar-refractivity contribution in [1.29, 1.82) is 0 Å². The van der Waals surface area contributed by atoms with Crippen LogP contribution in [0.5, 0.6) is 0 Å². The zero-order valence-electron chi connectivity index (χ0n) is 9.70. The Morgan fingerprint density at radius 2 is 2.00 bits per heavy atom. The Morgan fingerprint density at radius 1 is 1.38 bits per heavy atom. The third-order valence-electron chi connectivity index (χ3n) is 2.06. The van der Waals surface area contributed by atoms with Gasteiger partial charge in [-0.2, -0.15) is 0 Å². The first-order valence-electron chi connectivity index (χ1n) is 5.33. The van der Waals surface area contributed by atoms with E-state index in [0.29, 0.717) is 11.9 Å². The summed E-state index contributed by atoms with van der Waals surface area (Å²) in [6.45, 7) is 5.12. The lowest BCUT2D eigenvalue weighted by molar-refractivity contribution is 0.589. The summed E-state index contributed by atoms with van der Waals surface area (Å²) in [7, 11) is 0. The maximum Gasteiger partial charge on any atom is 0.115 e. The molecule has 0 saturated carbocycles. The molecule has 1 rings (SSSR count). The Balaban J connectivity index is 2.61. The Bertz CT molecular complexity index is 344. The minimum Gasteiger partial charge on any atom is -0.386 e. The fraction of sp³-hybridized carbons (Fsp3) is 0.417. The minimum atomic E-state index is 0.261. The number of alkyl halides is 1. The largest absolute Gasteiger partial charge is 0.386 e. The summed E-state index contributed by atoms with van der Waals surface area (Å²) in [6, 6.07) is 8.45. The number of aliphatic imine (C=N–C) groups is 1. The van der Waals surface area contributed by atoms with Crippen molar-refractivity contribution in [1.82, 2.24) is 5.32 Å². The summed E-state index contributed by atoms with van der Waals surface area (Å²) in [5.41, 5.74) is 7.62. The Kier molecular flexibility index (Phi) is 5.29. The molecule has 0 aliphatic rings. The molecule has 0 aromatic heterocycles. The predicted molar refractivity (Wildman–Crippen MR) is 70.4 cm³/mol. The molecule has 0 amide bonds. The average molecular weight is 240 g/mol. The lowest BCUT2D eigenvalue weighted by Crippen LogP contribution is -2.21. The summed E-state index contributed by atoms with van der Waals surface area (Å²) in [4.78, 5) is 4.16. The van der Waals surface area contributed by atoms with Gasteiger partial charge in [0.15, 0.2) is 0 Å². The standard InChI is InChI=1S/C12H18ClN3/c1-9(2)15-8-10-3-5-11(6-4-10)16-12(14)7-13/h3-6,9,15H,7-8H2,1-2H3,(H2,14,16). The van der Waals surface area contributed by atoms with Crippen LogP contribution < -0.4 is 11.1 Å². The fourth-order valence-corrected chi connectivity index (χ4v) is 1.27. The van der Waals surface area contributed by atoms with Gasteiger partial charge < -0.3 is 11.1 Å². The molecule has 3 nitrogen and oxygen atoms in total. The van der Waals surface area contributed by atoms with Gasteiger partial charge in [0.1, 0.15) is 5.84 Å². The van der Waals surface area contributed by atoms with E-state index in [0.717, 1.165) is 12.2 Å². The first-order valence-corrected chi connectivity index (χ1v) is 5.86. The molecule has 0 bridgehead atoms. The minimum absolute atomic E-state index is 0.261. The molecule has 0 saturated heterocycles. The van der Waals surface area contributed by atoms with Gasteiger partial charge in [-0.25, -0.2) is 4.99 Å². The van der Waals surface area contributed by atoms with Gasteiger partial charge in [0, 0.05) is 12.6 Å². The van der Waals surface area contributed by atoms with Gasteiger partial charge in [0.05, 0.1) is 11.6 Å². The highest BCUT2D eigenvalue weighted by Crippen LogP contribution is 2.13. The number of nitrogens with two attached hydrogens (primary N) is 1. The van der Waals surface area contributed by atoms with Crippen LogP contribution in [0.1, 0.15) is 19.4 Å². The van der Waals surface area contributed by atoms with Crippen LogP contribution in [0.25, 0.3) is 0 Å². The number of amidine groups is 1. The van der Waals surface area contributed by atoms with Crippen LogP contribution in [-0.2, 0) is 6.54 Å². The van der Waals surface area contributed by atoms with Crippen molar-refractivity contribution in [3.63, 3.8) is 0 Å². The van der Waals surface area contributed by atoms with Crippen molar-refractivity contribution in [3.05, 3.63) is 29.8 Å². The number of hydrogen-bond acceptors (Lipinski definition) is 2. The Hall–Kier alpha value is -1.06. The van der Waals surface area contributed by atoms with Gasteiger partial charge >= 0.3 is 0 Å². The van der Waals surface area contributed by atoms with Crippen LogP contribution in [0.3, 0.4) is 0 Å². The van der Waals surface area contributed by atoms with Crippen molar-refractivity contribution in [2.24, 2.45) is 10.7 Å². The molecular weight excluding hydrogens is 222 g/mol. The molecule has 0 aliphatic heterocycles. The molecule has 3 N–H and O–H groups in total. The van der Waals surface area contributed by atoms with E-state index >= 15 is 0 Å². The molecule has 88 valence electrons. The highest BCUT2D eigenvalue weighted by Gasteiger charge is 1.96. The number of benzene rings is 1. The highest BCUT2D eigenvalue weighted by atomic mass is 35.5. The second kappa shape index (κ2) is 6.51.